The second-order valence-corrected chi connectivity index (χ2v) is 11.7. The number of nitrogens with zero attached hydrogens (tertiary/aromatic N) is 2. The second kappa shape index (κ2) is 13.5. The predicted molar refractivity (Wildman–Crippen MR) is 154 cm³/mol. The standard InChI is InChI=1S/C33H44N2O5/c1-3-38-33(37)28(20-31(36)35-21-26-11-7-8-12-27(26)22-35)19-24-13-15-29(16-14-24)39-18-17-30-23(2)40-32(34-30)25-9-5-4-6-10-25/h13-16,19,25-27H,3-12,17-18,20-22H2,1-2H3/b28-19+/t26-,27+. The Morgan fingerprint density at radius 3 is 2.35 bits per heavy atom. The number of benzene rings is 1. The van der Waals surface area contributed by atoms with Gasteiger partial charge in [-0.15, -0.1) is 0 Å². The van der Waals surface area contributed by atoms with Gasteiger partial charge in [-0.25, -0.2) is 9.78 Å². The number of hydrogen-bond donors (Lipinski definition) is 0. The Bertz CT molecular complexity index is 1160. The van der Waals surface area contributed by atoms with Crippen LogP contribution in [0.1, 0.15) is 100.0 Å². The van der Waals surface area contributed by atoms with Crippen LogP contribution in [-0.4, -0.2) is 48.1 Å². The van der Waals surface area contributed by atoms with Crippen LogP contribution in [0.2, 0.25) is 0 Å². The molecule has 1 aromatic heterocycles. The van der Waals surface area contributed by atoms with Gasteiger partial charge in [0.1, 0.15) is 11.5 Å². The molecule has 0 unspecified atom stereocenters. The molecule has 5 rings (SSSR count). The Labute approximate surface area is 238 Å². The Balaban J connectivity index is 1.16. The van der Waals surface area contributed by atoms with Gasteiger partial charge in [-0.05, 0) is 75.1 Å². The van der Waals surface area contributed by atoms with E-state index < -0.39 is 5.97 Å². The van der Waals surface area contributed by atoms with Crippen LogP contribution in [0.15, 0.2) is 34.3 Å². The number of carbonyl (C=O) groups is 2. The first-order valence-corrected chi connectivity index (χ1v) is 15.3. The molecule has 40 heavy (non-hydrogen) atoms. The molecule has 3 fully saturated rings. The van der Waals surface area contributed by atoms with Crippen molar-refractivity contribution in [1.29, 1.82) is 0 Å². The molecule has 0 spiro atoms. The minimum Gasteiger partial charge on any atom is -0.493 e. The van der Waals surface area contributed by atoms with Gasteiger partial charge in [0.25, 0.3) is 0 Å². The lowest BCUT2D eigenvalue weighted by Crippen LogP contribution is -2.30. The lowest BCUT2D eigenvalue weighted by Gasteiger charge is -2.22. The molecule has 0 bridgehead atoms. The predicted octanol–water partition coefficient (Wildman–Crippen LogP) is 6.64. The van der Waals surface area contributed by atoms with Crippen molar-refractivity contribution in [2.24, 2.45) is 11.8 Å². The minimum absolute atomic E-state index is 0.0171. The molecule has 0 N–H and O–H groups in total. The highest BCUT2D eigenvalue weighted by atomic mass is 16.5. The average Bonchev–Trinajstić information content (AvgIpc) is 3.58. The van der Waals surface area contributed by atoms with E-state index in [9.17, 15) is 9.59 Å². The Kier molecular flexibility index (Phi) is 9.61. The number of amides is 1. The van der Waals surface area contributed by atoms with Gasteiger partial charge in [0.05, 0.1) is 25.3 Å². The molecule has 1 aliphatic heterocycles. The Morgan fingerprint density at radius 2 is 1.68 bits per heavy atom. The number of fused-ring (bicyclic) bond motifs is 1. The molecule has 2 aliphatic carbocycles. The van der Waals surface area contributed by atoms with Crippen LogP contribution in [0.5, 0.6) is 5.75 Å². The molecular weight excluding hydrogens is 504 g/mol. The minimum atomic E-state index is -0.427. The molecule has 216 valence electrons. The van der Waals surface area contributed by atoms with Crippen LogP contribution >= 0.6 is 0 Å². The topological polar surface area (TPSA) is 81.9 Å². The maximum atomic E-state index is 13.1. The normalized spacial score (nSPS) is 21.8. The lowest BCUT2D eigenvalue weighted by atomic mass is 9.82. The summed E-state index contributed by atoms with van der Waals surface area (Å²) in [6.07, 6.45) is 13.6. The van der Waals surface area contributed by atoms with Crippen molar-refractivity contribution >= 4 is 18.0 Å². The van der Waals surface area contributed by atoms with Crippen molar-refractivity contribution in [2.75, 3.05) is 26.3 Å². The first-order valence-electron chi connectivity index (χ1n) is 15.3. The Hall–Kier alpha value is -3.09. The molecule has 0 radical (unpaired) electrons. The van der Waals surface area contributed by atoms with Crippen molar-refractivity contribution in [3.05, 3.63) is 52.7 Å². The lowest BCUT2D eigenvalue weighted by molar-refractivity contribution is -0.140. The van der Waals surface area contributed by atoms with Gasteiger partial charge in [0.2, 0.25) is 5.91 Å². The zero-order valence-corrected chi connectivity index (χ0v) is 24.2. The fourth-order valence-corrected chi connectivity index (χ4v) is 6.62. The number of oxazole rings is 1. The quantitative estimate of drug-likeness (QED) is 0.245. The van der Waals surface area contributed by atoms with Crippen molar-refractivity contribution in [3.63, 3.8) is 0 Å². The van der Waals surface area contributed by atoms with Crippen molar-refractivity contribution in [3.8, 4) is 5.75 Å². The summed E-state index contributed by atoms with van der Waals surface area (Å²) < 4.78 is 17.3. The first kappa shape index (κ1) is 28.4. The summed E-state index contributed by atoms with van der Waals surface area (Å²) in [6.45, 7) is 6.19. The van der Waals surface area contributed by atoms with Gasteiger partial charge in [-0.3, -0.25) is 4.79 Å². The number of ether oxygens (including phenoxy) is 2. The zero-order chi connectivity index (χ0) is 27.9. The number of rotatable bonds is 10. The first-order chi connectivity index (χ1) is 19.5. The van der Waals surface area contributed by atoms with Gasteiger partial charge in [0, 0.05) is 31.0 Å². The van der Waals surface area contributed by atoms with E-state index in [1.54, 1.807) is 13.0 Å². The molecule has 2 aromatic rings. The molecule has 1 amide bonds. The second-order valence-electron chi connectivity index (χ2n) is 11.7. The molecule has 2 saturated carbocycles. The average molecular weight is 549 g/mol. The number of hydrogen-bond acceptors (Lipinski definition) is 6. The van der Waals surface area contributed by atoms with E-state index >= 15 is 0 Å². The van der Waals surface area contributed by atoms with Crippen LogP contribution < -0.4 is 4.74 Å². The summed E-state index contributed by atoms with van der Waals surface area (Å²) in [5, 5.41) is 0. The van der Waals surface area contributed by atoms with Crippen molar-refractivity contribution < 1.29 is 23.5 Å². The van der Waals surface area contributed by atoms with Crippen LogP contribution in [0.3, 0.4) is 0 Å². The van der Waals surface area contributed by atoms with E-state index in [4.69, 9.17) is 18.9 Å². The summed E-state index contributed by atoms with van der Waals surface area (Å²) in [6, 6.07) is 7.60. The highest BCUT2D eigenvalue weighted by Gasteiger charge is 2.36. The number of esters is 1. The highest BCUT2D eigenvalue weighted by Crippen LogP contribution is 2.36. The fourth-order valence-electron chi connectivity index (χ4n) is 6.62. The summed E-state index contributed by atoms with van der Waals surface area (Å²) in [5.74, 6) is 3.81. The summed E-state index contributed by atoms with van der Waals surface area (Å²) in [4.78, 5) is 32.6. The number of likely N-dealkylation sites (tertiary alicyclic amines) is 1. The zero-order valence-electron chi connectivity index (χ0n) is 24.2. The van der Waals surface area contributed by atoms with Crippen LogP contribution in [0, 0.1) is 18.8 Å². The van der Waals surface area contributed by atoms with E-state index in [0.29, 0.717) is 36.4 Å². The molecule has 1 aromatic carbocycles. The molecule has 3 aliphatic rings. The largest absolute Gasteiger partial charge is 0.493 e. The van der Waals surface area contributed by atoms with E-state index in [0.717, 1.165) is 41.7 Å². The third-order valence-corrected chi connectivity index (χ3v) is 8.90. The van der Waals surface area contributed by atoms with Gasteiger partial charge in [-0.1, -0.05) is 44.2 Å². The molecule has 2 atom stereocenters. The van der Waals surface area contributed by atoms with Gasteiger partial charge in [-0.2, -0.15) is 0 Å². The summed E-state index contributed by atoms with van der Waals surface area (Å²) >= 11 is 0. The summed E-state index contributed by atoms with van der Waals surface area (Å²) in [7, 11) is 0. The van der Waals surface area contributed by atoms with E-state index in [-0.39, 0.29) is 18.9 Å². The Morgan fingerprint density at radius 1 is 1.00 bits per heavy atom. The molecule has 1 saturated heterocycles. The molecule has 7 heteroatoms. The van der Waals surface area contributed by atoms with E-state index in [1.165, 1.54) is 57.8 Å². The highest BCUT2D eigenvalue weighted by molar-refractivity contribution is 5.99. The maximum absolute atomic E-state index is 13.1. The maximum Gasteiger partial charge on any atom is 0.334 e. The molecular formula is C33H44N2O5. The van der Waals surface area contributed by atoms with Gasteiger partial charge < -0.3 is 18.8 Å². The van der Waals surface area contributed by atoms with Crippen LogP contribution in [0.4, 0.5) is 0 Å². The fraction of sp³-hybridized carbons (Fsp3) is 0.606. The third kappa shape index (κ3) is 7.15. The van der Waals surface area contributed by atoms with Crippen LogP contribution in [-0.2, 0) is 20.7 Å². The van der Waals surface area contributed by atoms with Crippen molar-refractivity contribution in [1.82, 2.24) is 9.88 Å². The number of carbonyl (C=O) groups excluding carboxylic acids is 2. The van der Waals surface area contributed by atoms with Gasteiger partial charge in [0.15, 0.2) is 5.89 Å². The van der Waals surface area contributed by atoms with Gasteiger partial charge >= 0.3 is 5.97 Å². The SMILES string of the molecule is CCOC(=O)/C(=C/c1ccc(OCCc2nc(C3CCCCC3)oc2C)cc1)CC(=O)N1C[C@H]2CCCC[C@H]2C1. The third-order valence-electron chi connectivity index (χ3n) is 8.90. The summed E-state index contributed by atoms with van der Waals surface area (Å²) in [5.41, 5.74) is 2.20. The van der Waals surface area contributed by atoms with E-state index in [2.05, 4.69) is 0 Å². The monoisotopic (exact) mass is 548 g/mol. The smallest absolute Gasteiger partial charge is 0.334 e. The number of aromatic nitrogens is 1. The van der Waals surface area contributed by atoms with Crippen LogP contribution in [0.25, 0.3) is 6.08 Å². The molecule has 7 nitrogen and oxygen atoms in total. The molecule has 2 heterocycles. The van der Waals surface area contributed by atoms with E-state index in [1.807, 2.05) is 36.1 Å². The van der Waals surface area contributed by atoms with Crippen molar-refractivity contribution in [2.45, 2.75) is 90.4 Å². The number of aryl methyl sites for hydroxylation is 1.